The van der Waals surface area contributed by atoms with Crippen molar-refractivity contribution in [2.75, 3.05) is 0 Å². The summed E-state index contributed by atoms with van der Waals surface area (Å²) in [6, 6.07) is 0. The van der Waals surface area contributed by atoms with E-state index in [1.54, 1.807) is 0 Å². The third-order valence-corrected chi connectivity index (χ3v) is 1.36. The first kappa shape index (κ1) is 5.57. The summed E-state index contributed by atoms with van der Waals surface area (Å²) < 4.78 is 0. The van der Waals surface area contributed by atoms with Crippen LogP contribution in [-0.4, -0.2) is 11.2 Å². The number of aliphatic hydroxyl groups excluding tert-OH is 1. The molecule has 0 amide bonds. The predicted molar refractivity (Wildman–Crippen MR) is 33.5 cm³/mol. The largest absolute Gasteiger partial charge is 0.385 e. The van der Waals surface area contributed by atoms with Gasteiger partial charge >= 0.3 is 0 Å². The number of hydrogen-bond donors (Lipinski definition) is 1. The van der Waals surface area contributed by atoms with E-state index in [9.17, 15) is 0 Å². The Morgan fingerprint density at radius 3 is 2.88 bits per heavy atom. The molecule has 44 valence electrons. The average molecular weight is 110 g/mol. The SMILES string of the molecule is CC1=CCC=C[C@@H]1O. The molecule has 1 N–H and O–H groups in total. The summed E-state index contributed by atoms with van der Waals surface area (Å²) in [6.45, 7) is 1.94. The second kappa shape index (κ2) is 2.14. The predicted octanol–water partition coefficient (Wildman–Crippen LogP) is 1.25. The van der Waals surface area contributed by atoms with Crippen LogP contribution in [0.4, 0.5) is 0 Å². The van der Waals surface area contributed by atoms with Gasteiger partial charge < -0.3 is 5.11 Å². The van der Waals surface area contributed by atoms with Crippen LogP contribution in [-0.2, 0) is 0 Å². The van der Waals surface area contributed by atoms with Gasteiger partial charge in [-0.1, -0.05) is 18.2 Å². The Morgan fingerprint density at radius 1 is 1.75 bits per heavy atom. The first-order valence-electron chi connectivity index (χ1n) is 2.82. The van der Waals surface area contributed by atoms with Gasteiger partial charge in [-0.05, 0) is 18.9 Å². The third kappa shape index (κ3) is 0.984. The number of hydrogen-bond acceptors (Lipinski definition) is 1. The van der Waals surface area contributed by atoms with Crippen molar-refractivity contribution in [3.63, 3.8) is 0 Å². The van der Waals surface area contributed by atoms with Gasteiger partial charge in [0.15, 0.2) is 0 Å². The zero-order valence-corrected chi connectivity index (χ0v) is 4.96. The Labute approximate surface area is 49.3 Å². The lowest BCUT2D eigenvalue weighted by atomic mass is 10.1. The van der Waals surface area contributed by atoms with Gasteiger partial charge in [-0.25, -0.2) is 0 Å². The van der Waals surface area contributed by atoms with E-state index in [2.05, 4.69) is 0 Å². The van der Waals surface area contributed by atoms with Gasteiger partial charge in [0.25, 0.3) is 0 Å². The Kier molecular flexibility index (Phi) is 1.49. The molecule has 1 nitrogen and oxygen atoms in total. The minimum absolute atomic E-state index is 0.316. The molecule has 1 atom stereocenters. The molecule has 0 aromatic carbocycles. The smallest absolute Gasteiger partial charge is 0.0929 e. The van der Waals surface area contributed by atoms with Gasteiger partial charge in [-0.2, -0.15) is 0 Å². The first-order valence-corrected chi connectivity index (χ1v) is 2.82. The van der Waals surface area contributed by atoms with Crippen molar-refractivity contribution < 1.29 is 5.11 Å². The molecule has 0 fully saturated rings. The van der Waals surface area contributed by atoms with Crippen LogP contribution in [0.5, 0.6) is 0 Å². The van der Waals surface area contributed by atoms with Gasteiger partial charge in [0.1, 0.15) is 0 Å². The van der Waals surface area contributed by atoms with Crippen LogP contribution in [0.25, 0.3) is 0 Å². The Bertz CT molecular complexity index is 133. The minimum atomic E-state index is -0.316. The highest BCUT2D eigenvalue weighted by molar-refractivity contribution is 5.18. The first-order chi connectivity index (χ1) is 3.80. The second-order valence-electron chi connectivity index (χ2n) is 2.06. The molecule has 1 aliphatic carbocycles. The summed E-state index contributed by atoms with van der Waals surface area (Å²) >= 11 is 0. The molecule has 0 heterocycles. The fourth-order valence-corrected chi connectivity index (χ4v) is 0.734. The van der Waals surface area contributed by atoms with Crippen molar-refractivity contribution in [1.29, 1.82) is 0 Å². The minimum Gasteiger partial charge on any atom is -0.385 e. The van der Waals surface area contributed by atoms with Crippen LogP contribution in [0.15, 0.2) is 23.8 Å². The summed E-state index contributed by atoms with van der Waals surface area (Å²) in [4.78, 5) is 0. The van der Waals surface area contributed by atoms with E-state index in [0.717, 1.165) is 12.0 Å². The Balaban J connectivity index is 2.63. The molecule has 1 rings (SSSR count). The van der Waals surface area contributed by atoms with Crippen molar-refractivity contribution in [2.45, 2.75) is 19.4 Å². The van der Waals surface area contributed by atoms with E-state index in [1.165, 1.54) is 0 Å². The highest BCUT2D eigenvalue weighted by atomic mass is 16.3. The fraction of sp³-hybridized carbons (Fsp3) is 0.429. The zero-order valence-electron chi connectivity index (χ0n) is 4.96. The van der Waals surface area contributed by atoms with E-state index < -0.39 is 0 Å². The molecule has 0 spiro atoms. The molecule has 0 aliphatic heterocycles. The summed E-state index contributed by atoms with van der Waals surface area (Å²) in [5.74, 6) is 0. The lowest BCUT2D eigenvalue weighted by Crippen LogP contribution is -2.05. The fourth-order valence-electron chi connectivity index (χ4n) is 0.734. The molecular weight excluding hydrogens is 100 g/mol. The monoisotopic (exact) mass is 110 g/mol. The van der Waals surface area contributed by atoms with Crippen molar-refractivity contribution in [3.8, 4) is 0 Å². The van der Waals surface area contributed by atoms with E-state index in [-0.39, 0.29) is 6.10 Å². The summed E-state index contributed by atoms with van der Waals surface area (Å²) in [6.07, 6.45) is 6.48. The topological polar surface area (TPSA) is 20.2 Å². The lowest BCUT2D eigenvalue weighted by molar-refractivity contribution is 0.257. The van der Waals surface area contributed by atoms with E-state index in [0.29, 0.717) is 0 Å². The number of aliphatic hydroxyl groups is 1. The molecule has 1 aliphatic rings. The van der Waals surface area contributed by atoms with Crippen LogP contribution in [0.3, 0.4) is 0 Å². The van der Waals surface area contributed by atoms with Crippen LogP contribution < -0.4 is 0 Å². The highest BCUT2D eigenvalue weighted by Gasteiger charge is 2.02. The quantitative estimate of drug-likeness (QED) is 0.465. The summed E-state index contributed by atoms with van der Waals surface area (Å²) in [7, 11) is 0. The van der Waals surface area contributed by atoms with Gasteiger partial charge in [-0.15, -0.1) is 0 Å². The number of rotatable bonds is 0. The van der Waals surface area contributed by atoms with Crippen LogP contribution in [0, 0.1) is 0 Å². The van der Waals surface area contributed by atoms with Crippen LogP contribution >= 0.6 is 0 Å². The molecule has 0 radical (unpaired) electrons. The normalized spacial score (nSPS) is 27.8. The molecule has 0 aromatic rings. The molecule has 0 aromatic heterocycles. The zero-order chi connectivity index (χ0) is 5.98. The number of allylic oxidation sites excluding steroid dienone is 2. The van der Waals surface area contributed by atoms with E-state index in [4.69, 9.17) is 5.11 Å². The van der Waals surface area contributed by atoms with Crippen molar-refractivity contribution in [2.24, 2.45) is 0 Å². The maximum atomic E-state index is 9.02. The Morgan fingerprint density at radius 2 is 2.50 bits per heavy atom. The molecule has 0 saturated carbocycles. The van der Waals surface area contributed by atoms with Gasteiger partial charge in [0.05, 0.1) is 6.10 Å². The standard InChI is InChI=1S/C7H10O/c1-6-4-2-3-5-7(6)8/h3-5,7-8H,2H2,1H3/t7-/m0/s1. The molecule has 1 heteroatoms. The summed E-state index contributed by atoms with van der Waals surface area (Å²) in [5, 5.41) is 9.02. The molecule has 0 unspecified atom stereocenters. The van der Waals surface area contributed by atoms with Crippen LogP contribution in [0.2, 0.25) is 0 Å². The van der Waals surface area contributed by atoms with Crippen molar-refractivity contribution >= 4 is 0 Å². The third-order valence-electron chi connectivity index (χ3n) is 1.36. The molecule has 8 heavy (non-hydrogen) atoms. The van der Waals surface area contributed by atoms with Crippen molar-refractivity contribution in [1.82, 2.24) is 0 Å². The Hall–Kier alpha value is -0.560. The van der Waals surface area contributed by atoms with Crippen molar-refractivity contribution in [3.05, 3.63) is 23.8 Å². The maximum Gasteiger partial charge on any atom is 0.0929 e. The second-order valence-corrected chi connectivity index (χ2v) is 2.06. The molecule has 0 saturated heterocycles. The van der Waals surface area contributed by atoms with E-state index in [1.807, 2.05) is 25.2 Å². The average Bonchev–Trinajstić information content (AvgIpc) is 1.77. The highest BCUT2D eigenvalue weighted by Crippen LogP contribution is 2.09. The van der Waals surface area contributed by atoms with Gasteiger partial charge in [0.2, 0.25) is 0 Å². The molecular formula is C7H10O. The van der Waals surface area contributed by atoms with Gasteiger partial charge in [0, 0.05) is 0 Å². The van der Waals surface area contributed by atoms with Crippen LogP contribution in [0.1, 0.15) is 13.3 Å². The maximum absolute atomic E-state index is 9.02. The van der Waals surface area contributed by atoms with Gasteiger partial charge in [-0.3, -0.25) is 0 Å². The molecule has 0 bridgehead atoms. The summed E-state index contributed by atoms with van der Waals surface area (Å²) in [5.41, 5.74) is 1.06. The lowest BCUT2D eigenvalue weighted by Gasteiger charge is -2.08. The van der Waals surface area contributed by atoms with E-state index >= 15 is 0 Å².